The summed E-state index contributed by atoms with van der Waals surface area (Å²) in [6, 6.07) is 7.23. The first kappa shape index (κ1) is 16.7. The third-order valence-electron chi connectivity index (χ3n) is 3.54. The Morgan fingerprint density at radius 1 is 1.32 bits per heavy atom. The number of benzene rings is 1. The Morgan fingerprint density at radius 3 is 2.73 bits per heavy atom. The molecule has 1 aromatic carbocycles. The van der Waals surface area contributed by atoms with Crippen LogP contribution in [0.1, 0.15) is 43.5 Å². The zero-order valence-electron chi connectivity index (χ0n) is 13.3. The van der Waals surface area contributed by atoms with Gasteiger partial charge < -0.3 is 9.64 Å². The lowest BCUT2D eigenvalue weighted by Crippen LogP contribution is -2.44. The van der Waals surface area contributed by atoms with E-state index in [1.807, 2.05) is 12.1 Å². The molecule has 0 spiro atoms. The lowest BCUT2D eigenvalue weighted by Gasteiger charge is -2.28. The van der Waals surface area contributed by atoms with Crippen molar-refractivity contribution in [3.8, 4) is 5.75 Å². The fourth-order valence-electron chi connectivity index (χ4n) is 2.34. The third-order valence-corrected chi connectivity index (χ3v) is 3.90. The number of thiocarbonyl (C=S) groups is 1. The van der Waals surface area contributed by atoms with E-state index in [9.17, 15) is 4.79 Å². The van der Waals surface area contributed by atoms with Crippen LogP contribution in [-0.4, -0.2) is 35.6 Å². The van der Waals surface area contributed by atoms with Gasteiger partial charge in [0.15, 0.2) is 5.11 Å². The van der Waals surface area contributed by atoms with Gasteiger partial charge in [-0.2, -0.15) is 0 Å². The molecule has 0 aromatic heterocycles. The molecule has 5 heteroatoms. The number of nitrogens with zero attached hydrogens (tertiary/aromatic N) is 1. The van der Waals surface area contributed by atoms with Crippen LogP contribution in [0.5, 0.6) is 5.75 Å². The number of amides is 1. The van der Waals surface area contributed by atoms with Gasteiger partial charge in [-0.15, -0.1) is 0 Å². The molecule has 22 heavy (non-hydrogen) atoms. The molecular formula is C17H24N2O2S. The zero-order chi connectivity index (χ0) is 15.9. The molecule has 1 aliphatic heterocycles. The molecule has 1 saturated heterocycles. The maximum atomic E-state index is 12.3. The van der Waals surface area contributed by atoms with Gasteiger partial charge in [0.1, 0.15) is 5.75 Å². The Labute approximate surface area is 137 Å². The monoisotopic (exact) mass is 320 g/mol. The van der Waals surface area contributed by atoms with E-state index in [-0.39, 0.29) is 5.91 Å². The Hall–Kier alpha value is -1.62. The SMILES string of the molecule is CC(C)COc1cccc(C(=O)NC(=S)N2CCCCC2)c1. The van der Waals surface area contributed by atoms with Gasteiger partial charge in [-0.25, -0.2) is 0 Å². The van der Waals surface area contributed by atoms with E-state index < -0.39 is 0 Å². The van der Waals surface area contributed by atoms with E-state index in [2.05, 4.69) is 24.1 Å². The molecule has 1 fully saturated rings. The number of nitrogens with one attached hydrogen (secondary N) is 1. The fourth-order valence-corrected chi connectivity index (χ4v) is 2.61. The fraction of sp³-hybridized carbons (Fsp3) is 0.529. The standard InChI is InChI=1S/C17H24N2O2S/c1-13(2)12-21-15-8-6-7-14(11-15)16(20)18-17(22)19-9-4-3-5-10-19/h6-8,11,13H,3-5,9-10,12H2,1-2H3,(H,18,20,22). The van der Waals surface area contributed by atoms with Crippen molar-refractivity contribution in [2.75, 3.05) is 19.7 Å². The first-order chi connectivity index (χ1) is 10.6. The second-order valence-electron chi connectivity index (χ2n) is 6.04. The van der Waals surface area contributed by atoms with E-state index in [4.69, 9.17) is 17.0 Å². The van der Waals surface area contributed by atoms with Crippen LogP contribution >= 0.6 is 12.2 Å². The summed E-state index contributed by atoms with van der Waals surface area (Å²) in [6.45, 7) is 6.67. The molecule has 1 N–H and O–H groups in total. The first-order valence-electron chi connectivity index (χ1n) is 7.89. The van der Waals surface area contributed by atoms with E-state index in [1.54, 1.807) is 12.1 Å². The van der Waals surface area contributed by atoms with Gasteiger partial charge >= 0.3 is 0 Å². The van der Waals surface area contributed by atoms with Crippen LogP contribution in [0.25, 0.3) is 0 Å². The Balaban J connectivity index is 1.93. The molecule has 1 aliphatic rings. The number of carbonyl (C=O) groups excluding carboxylic acids is 1. The second-order valence-corrected chi connectivity index (χ2v) is 6.43. The van der Waals surface area contributed by atoms with Crippen molar-refractivity contribution in [2.24, 2.45) is 5.92 Å². The highest BCUT2D eigenvalue weighted by Crippen LogP contribution is 2.15. The minimum absolute atomic E-state index is 0.175. The second kappa shape index (κ2) is 8.13. The van der Waals surface area contributed by atoms with Crippen LogP contribution in [0, 0.1) is 5.92 Å². The Kier molecular flexibility index (Phi) is 6.19. The highest BCUT2D eigenvalue weighted by molar-refractivity contribution is 7.80. The Morgan fingerprint density at radius 2 is 2.05 bits per heavy atom. The number of rotatable bonds is 4. The molecule has 0 bridgehead atoms. The topological polar surface area (TPSA) is 41.6 Å². The molecule has 0 aliphatic carbocycles. The summed E-state index contributed by atoms with van der Waals surface area (Å²) >= 11 is 5.33. The molecule has 1 aromatic rings. The molecule has 120 valence electrons. The third kappa shape index (κ3) is 4.98. The molecule has 1 amide bonds. The largest absolute Gasteiger partial charge is 0.493 e. The molecule has 0 atom stereocenters. The summed E-state index contributed by atoms with van der Waals surface area (Å²) in [5.74, 6) is 0.986. The van der Waals surface area contributed by atoms with Gasteiger partial charge in [0, 0.05) is 18.7 Å². The van der Waals surface area contributed by atoms with Crippen LogP contribution < -0.4 is 10.1 Å². The molecule has 1 heterocycles. The van der Waals surface area contributed by atoms with E-state index in [1.165, 1.54) is 6.42 Å². The maximum Gasteiger partial charge on any atom is 0.257 e. The summed E-state index contributed by atoms with van der Waals surface area (Å²) in [4.78, 5) is 14.4. The Bertz CT molecular complexity index is 525. The quantitative estimate of drug-likeness (QED) is 0.865. The van der Waals surface area contributed by atoms with Gasteiger partial charge in [-0.1, -0.05) is 19.9 Å². The number of ether oxygens (including phenoxy) is 1. The minimum atomic E-state index is -0.175. The number of carbonyl (C=O) groups is 1. The smallest absolute Gasteiger partial charge is 0.257 e. The molecule has 0 unspecified atom stereocenters. The molecule has 0 radical (unpaired) electrons. The number of likely N-dealkylation sites (tertiary alicyclic amines) is 1. The molecule has 2 rings (SSSR count). The molecule has 4 nitrogen and oxygen atoms in total. The van der Waals surface area contributed by atoms with Crippen LogP contribution in [-0.2, 0) is 0 Å². The van der Waals surface area contributed by atoms with Crippen LogP contribution in [0.15, 0.2) is 24.3 Å². The average Bonchev–Trinajstić information content (AvgIpc) is 2.54. The van der Waals surface area contributed by atoms with Crippen molar-refractivity contribution in [1.29, 1.82) is 0 Å². The number of hydrogen-bond acceptors (Lipinski definition) is 3. The lowest BCUT2D eigenvalue weighted by molar-refractivity contribution is 0.0972. The average molecular weight is 320 g/mol. The summed E-state index contributed by atoms with van der Waals surface area (Å²) in [7, 11) is 0. The van der Waals surface area contributed by atoms with Crippen LogP contribution in [0.3, 0.4) is 0 Å². The van der Waals surface area contributed by atoms with Crippen molar-refractivity contribution < 1.29 is 9.53 Å². The minimum Gasteiger partial charge on any atom is -0.493 e. The first-order valence-corrected chi connectivity index (χ1v) is 8.30. The van der Waals surface area contributed by atoms with E-state index >= 15 is 0 Å². The summed E-state index contributed by atoms with van der Waals surface area (Å²) in [5.41, 5.74) is 0.570. The van der Waals surface area contributed by atoms with Gasteiger partial charge in [-0.05, 0) is 55.6 Å². The number of piperidine rings is 1. The zero-order valence-corrected chi connectivity index (χ0v) is 14.1. The summed E-state index contributed by atoms with van der Waals surface area (Å²) in [6.07, 6.45) is 3.51. The van der Waals surface area contributed by atoms with E-state index in [0.717, 1.165) is 25.9 Å². The van der Waals surface area contributed by atoms with Crippen molar-refractivity contribution in [2.45, 2.75) is 33.1 Å². The molecule has 0 saturated carbocycles. The maximum absolute atomic E-state index is 12.3. The lowest BCUT2D eigenvalue weighted by atomic mass is 10.1. The van der Waals surface area contributed by atoms with Crippen LogP contribution in [0.2, 0.25) is 0 Å². The summed E-state index contributed by atoms with van der Waals surface area (Å²) in [5, 5.41) is 3.35. The highest BCUT2D eigenvalue weighted by atomic mass is 32.1. The highest BCUT2D eigenvalue weighted by Gasteiger charge is 2.16. The van der Waals surface area contributed by atoms with Crippen molar-refractivity contribution >= 4 is 23.2 Å². The number of hydrogen-bond donors (Lipinski definition) is 1. The molecular weight excluding hydrogens is 296 g/mol. The summed E-state index contributed by atoms with van der Waals surface area (Å²) < 4.78 is 5.66. The predicted octanol–water partition coefficient (Wildman–Crippen LogP) is 3.22. The van der Waals surface area contributed by atoms with Gasteiger partial charge in [0.2, 0.25) is 0 Å². The van der Waals surface area contributed by atoms with Gasteiger partial charge in [0.25, 0.3) is 5.91 Å². The predicted molar refractivity (Wildman–Crippen MR) is 92.3 cm³/mol. The van der Waals surface area contributed by atoms with Gasteiger partial charge in [-0.3, -0.25) is 10.1 Å². The van der Waals surface area contributed by atoms with Crippen molar-refractivity contribution in [1.82, 2.24) is 10.2 Å². The van der Waals surface area contributed by atoms with Gasteiger partial charge in [0.05, 0.1) is 6.61 Å². The van der Waals surface area contributed by atoms with E-state index in [0.29, 0.717) is 29.0 Å². The van der Waals surface area contributed by atoms with Crippen molar-refractivity contribution in [3.05, 3.63) is 29.8 Å². The normalized spacial score (nSPS) is 14.8. The van der Waals surface area contributed by atoms with Crippen LogP contribution in [0.4, 0.5) is 0 Å². The van der Waals surface area contributed by atoms with Crippen molar-refractivity contribution in [3.63, 3.8) is 0 Å².